The highest BCUT2D eigenvalue weighted by molar-refractivity contribution is 5.90. The van der Waals surface area contributed by atoms with Crippen molar-refractivity contribution in [2.45, 2.75) is 26.7 Å². The predicted octanol–water partition coefficient (Wildman–Crippen LogP) is 4.45. The molecule has 0 saturated carbocycles. The number of rotatable bonds is 7. The zero-order valence-corrected chi connectivity index (χ0v) is 18.4. The van der Waals surface area contributed by atoms with E-state index in [2.05, 4.69) is 25.5 Å². The number of nitrogens with zero attached hydrogens (tertiary/aromatic N) is 6. The van der Waals surface area contributed by atoms with Crippen LogP contribution in [0.5, 0.6) is 0 Å². The minimum absolute atomic E-state index is 0.0314. The molecule has 0 aliphatic rings. The summed E-state index contributed by atoms with van der Waals surface area (Å²) in [6, 6.07) is 7.41. The number of alkyl halides is 2. The summed E-state index contributed by atoms with van der Waals surface area (Å²) in [5.74, 6) is -1.16. The van der Waals surface area contributed by atoms with Crippen LogP contribution >= 0.6 is 0 Å². The standard InChI is InChI=1S/C22H20F3N7O2/c1-4-14-18(12-5-7-13(23)8-6-12)31(3)30-21(14)28-15-9-16(27-10-26-15)32-19(20(24)25)17(22(33)34)11(2)29-32/h5-10,20H,4H2,1-3H3,(H,33,34)(H,26,27,28,30). The van der Waals surface area contributed by atoms with Crippen LogP contribution in [0.15, 0.2) is 36.7 Å². The number of carbonyl (C=O) groups is 1. The Morgan fingerprint density at radius 3 is 2.50 bits per heavy atom. The van der Waals surface area contributed by atoms with Gasteiger partial charge in [-0.3, -0.25) is 4.68 Å². The Kier molecular flexibility index (Phi) is 6.05. The minimum Gasteiger partial charge on any atom is -0.478 e. The van der Waals surface area contributed by atoms with E-state index in [1.165, 1.54) is 25.1 Å². The quantitative estimate of drug-likeness (QED) is 0.410. The maximum atomic E-state index is 13.7. The molecule has 0 bridgehead atoms. The van der Waals surface area contributed by atoms with Gasteiger partial charge in [-0.05, 0) is 37.6 Å². The summed E-state index contributed by atoms with van der Waals surface area (Å²) in [6.45, 7) is 3.28. The number of aromatic carboxylic acids is 1. The summed E-state index contributed by atoms with van der Waals surface area (Å²) in [5.41, 5.74) is 1.02. The molecule has 0 spiro atoms. The molecule has 4 rings (SSSR count). The Morgan fingerprint density at radius 1 is 1.18 bits per heavy atom. The molecule has 2 N–H and O–H groups in total. The smallest absolute Gasteiger partial charge is 0.339 e. The molecule has 176 valence electrons. The summed E-state index contributed by atoms with van der Waals surface area (Å²) in [5, 5.41) is 20.9. The lowest BCUT2D eigenvalue weighted by Crippen LogP contribution is -2.09. The number of aryl methyl sites for hydroxylation is 2. The van der Waals surface area contributed by atoms with Crippen LogP contribution in [-0.2, 0) is 13.5 Å². The molecule has 12 heteroatoms. The van der Waals surface area contributed by atoms with Gasteiger partial charge >= 0.3 is 5.97 Å². The lowest BCUT2D eigenvalue weighted by molar-refractivity contribution is 0.0682. The van der Waals surface area contributed by atoms with Crippen molar-refractivity contribution >= 4 is 17.6 Å². The minimum atomic E-state index is -3.08. The molecule has 3 heterocycles. The summed E-state index contributed by atoms with van der Waals surface area (Å²) >= 11 is 0. The topological polar surface area (TPSA) is 111 Å². The molecule has 1 aromatic carbocycles. The van der Waals surface area contributed by atoms with E-state index in [1.807, 2.05) is 6.92 Å². The fourth-order valence-electron chi connectivity index (χ4n) is 3.81. The van der Waals surface area contributed by atoms with Crippen molar-refractivity contribution in [3.63, 3.8) is 0 Å². The van der Waals surface area contributed by atoms with Crippen LogP contribution in [0.25, 0.3) is 17.1 Å². The van der Waals surface area contributed by atoms with Crippen LogP contribution in [-0.4, -0.2) is 40.6 Å². The van der Waals surface area contributed by atoms with Crippen LogP contribution in [0.1, 0.15) is 40.7 Å². The molecule has 0 aliphatic carbocycles. The highest BCUT2D eigenvalue weighted by Crippen LogP contribution is 2.32. The van der Waals surface area contributed by atoms with Crippen LogP contribution in [0.4, 0.5) is 24.8 Å². The molecule has 0 fully saturated rings. The third kappa shape index (κ3) is 4.09. The number of anilines is 2. The van der Waals surface area contributed by atoms with Crippen molar-refractivity contribution < 1.29 is 23.1 Å². The third-order valence-electron chi connectivity index (χ3n) is 5.25. The first-order valence-electron chi connectivity index (χ1n) is 10.2. The van der Waals surface area contributed by atoms with Crippen molar-refractivity contribution in [1.29, 1.82) is 0 Å². The molecule has 0 aliphatic heterocycles. The van der Waals surface area contributed by atoms with E-state index in [9.17, 15) is 23.1 Å². The van der Waals surface area contributed by atoms with Gasteiger partial charge < -0.3 is 10.4 Å². The largest absolute Gasteiger partial charge is 0.478 e. The number of nitrogens with one attached hydrogen (secondary N) is 1. The average molecular weight is 471 g/mol. The van der Waals surface area contributed by atoms with Gasteiger partial charge in [-0.2, -0.15) is 10.2 Å². The molecule has 3 aromatic heterocycles. The highest BCUT2D eigenvalue weighted by Gasteiger charge is 2.29. The Labute approximate surface area is 191 Å². The maximum absolute atomic E-state index is 13.7. The van der Waals surface area contributed by atoms with Crippen LogP contribution in [0, 0.1) is 12.7 Å². The molecular formula is C22H20F3N7O2. The number of carboxylic acids is 1. The van der Waals surface area contributed by atoms with Gasteiger partial charge in [-0.15, -0.1) is 0 Å². The first kappa shape index (κ1) is 23.0. The van der Waals surface area contributed by atoms with Gasteiger partial charge in [0.2, 0.25) is 0 Å². The monoisotopic (exact) mass is 471 g/mol. The number of halogens is 3. The Bertz CT molecular complexity index is 1360. The number of aromatic nitrogens is 6. The van der Waals surface area contributed by atoms with Crippen molar-refractivity contribution in [3.8, 4) is 17.1 Å². The number of carboxylic acid groups (broad SMARTS) is 1. The number of hydrogen-bond donors (Lipinski definition) is 2. The van der Waals surface area contributed by atoms with E-state index in [-0.39, 0.29) is 23.1 Å². The molecule has 9 nitrogen and oxygen atoms in total. The summed E-state index contributed by atoms with van der Waals surface area (Å²) in [4.78, 5) is 19.6. The summed E-state index contributed by atoms with van der Waals surface area (Å²) < 4.78 is 43.2. The van der Waals surface area contributed by atoms with Crippen molar-refractivity contribution in [2.24, 2.45) is 7.05 Å². The second-order valence-corrected chi connectivity index (χ2v) is 7.41. The number of hydrogen-bond acceptors (Lipinski definition) is 6. The SMILES string of the molecule is CCc1c(Nc2cc(-n3nc(C)c(C(=O)O)c3C(F)F)ncn2)nn(C)c1-c1ccc(F)cc1. The second-order valence-electron chi connectivity index (χ2n) is 7.41. The summed E-state index contributed by atoms with van der Waals surface area (Å²) in [6.07, 6.45) is -1.34. The molecule has 0 radical (unpaired) electrons. The van der Waals surface area contributed by atoms with Gasteiger partial charge in [0.15, 0.2) is 11.6 Å². The molecule has 0 unspecified atom stereocenters. The van der Waals surface area contributed by atoms with Gasteiger partial charge in [0.25, 0.3) is 6.43 Å². The fourth-order valence-corrected chi connectivity index (χ4v) is 3.81. The van der Waals surface area contributed by atoms with Gasteiger partial charge in [0.1, 0.15) is 29.2 Å². The maximum Gasteiger partial charge on any atom is 0.339 e. The zero-order chi connectivity index (χ0) is 24.6. The van der Waals surface area contributed by atoms with E-state index in [1.54, 1.807) is 23.9 Å². The zero-order valence-electron chi connectivity index (χ0n) is 18.4. The normalized spacial score (nSPS) is 11.3. The van der Waals surface area contributed by atoms with Crippen molar-refractivity contribution in [3.05, 3.63) is 65.0 Å². The van der Waals surface area contributed by atoms with E-state index in [0.29, 0.717) is 12.2 Å². The average Bonchev–Trinajstić information content (AvgIpc) is 3.31. The molecule has 34 heavy (non-hydrogen) atoms. The Balaban J connectivity index is 1.74. The van der Waals surface area contributed by atoms with Gasteiger partial charge in [-0.1, -0.05) is 6.92 Å². The van der Waals surface area contributed by atoms with Gasteiger partial charge in [0.05, 0.1) is 11.4 Å². The lowest BCUT2D eigenvalue weighted by atomic mass is 10.1. The van der Waals surface area contributed by atoms with Crippen LogP contribution < -0.4 is 5.32 Å². The van der Waals surface area contributed by atoms with Crippen LogP contribution in [0.3, 0.4) is 0 Å². The fraction of sp³-hybridized carbons (Fsp3) is 0.227. The predicted molar refractivity (Wildman–Crippen MR) is 117 cm³/mol. The first-order chi connectivity index (χ1) is 16.2. The molecule has 0 atom stereocenters. The van der Waals surface area contributed by atoms with Gasteiger partial charge in [-0.25, -0.2) is 32.6 Å². The molecule has 0 saturated heterocycles. The van der Waals surface area contributed by atoms with Crippen molar-refractivity contribution in [1.82, 2.24) is 29.5 Å². The van der Waals surface area contributed by atoms with Crippen LogP contribution in [0.2, 0.25) is 0 Å². The van der Waals surface area contributed by atoms with E-state index in [4.69, 9.17) is 0 Å². The first-order valence-corrected chi connectivity index (χ1v) is 10.2. The van der Waals surface area contributed by atoms with E-state index < -0.39 is 23.7 Å². The second kappa shape index (κ2) is 8.96. The van der Waals surface area contributed by atoms with E-state index in [0.717, 1.165) is 27.8 Å². The third-order valence-corrected chi connectivity index (χ3v) is 5.25. The van der Waals surface area contributed by atoms with Gasteiger partial charge in [0, 0.05) is 24.2 Å². The van der Waals surface area contributed by atoms with Crippen molar-refractivity contribution in [2.75, 3.05) is 5.32 Å². The Morgan fingerprint density at radius 2 is 1.88 bits per heavy atom. The number of benzene rings is 1. The van der Waals surface area contributed by atoms with E-state index >= 15 is 0 Å². The highest BCUT2D eigenvalue weighted by atomic mass is 19.3. The summed E-state index contributed by atoms with van der Waals surface area (Å²) in [7, 11) is 1.75. The molecule has 4 aromatic rings. The lowest BCUT2D eigenvalue weighted by Gasteiger charge is -2.09. The molecular weight excluding hydrogens is 451 g/mol. The Hall–Kier alpha value is -4.22. The molecule has 0 amide bonds.